The number of benzene rings is 1. The fraction of sp³-hybridized carbons (Fsp3) is 0.500. The molecule has 1 unspecified atom stereocenters. The van der Waals surface area contributed by atoms with Gasteiger partial charge in [0.05, 0.1) is 18.9 Å². The lowest BCUT2D eigenvalue weighted by Gasteiger charge is -2.23. The molecule has 2 aromatic rings. The first-order valence-electron chi connectivity index (χ1n) is 10.2. The quantitative estimate of drug-likeness (QED) is 0.690. The molecule has 0 saturated heterocycles. The van der Waals surface area contributed by atoms with Crippen molar-refractivity contribution in [2.24, 2.45) is 0 Å². The third kappa shape index (κ3) is 6.81. The number of aryl methyl sites for hydroxylation is 2. The molecule has 0 fully saturated rings. The molecule has 0 spiro atoms. The van der Waals surface area contributed by atoms with E-state index in [4.69, 9.17) is 9.47 Å². The summed E-state index contributed by atoms with van der Waals surface area (Å²) in [6, 6.07) is 8.76. The van der Waals surface area contributed by atoms with Gasteiger partial charge in [0, 0.05) is 4.88 Å². The Morgan fingerprint density at radius 2 is 1.90 bits per heavy atom. The highest BCUT2D eigenvalue weighted by molar-refractivity contribution is 7.15. The molecule has 162 valence electrons. The number of nitrogens with one attached hydrogen (secondary N) is 2. The van der Waals surface area contributed by atoms with Crippen LogP contribution in [0.5, 0.6) is 0 Å². The molecule has 1 aliphatic carbocycles. The molecule has 8 heteroatoms. The van der Waals surface area contributed by atoms with E-state index < -0.39 is 17.7 Å². The van der Waals surface area contributed by atoms with Crippen molar-refractivity contribution < 1.29 is 19.1 Å². The summed E-state index contributed by atoms with van der Waals surface area (Å²) in [6.07, 6.45) is 3.56. The van der Waals surface area contributed by atoms with Gasteiger partial charge in [0.15, 0.2) is 5.13 Å². The summed E-state index contributed by atoms with van der Waals surface area (Å²) >= 11 is 1.50. The van der Waals surface area contributed by atoms with Crippen molar-refractivity contribution in [3.63, 3.8) is 0 Å². The van der Waals surface area contributed by atoms with E-state index in [2.05, 4.69) is 15.6 Å². The van der Waals surface area contributed by atoms with Crippen molar-refractivity contribution in [2.45, 2.75) is 64.7 Å². The molecule has 0 saturated carbocycles. The van der Waals surface area contributed by atoms with E-state index in [1.54, 1.807) is 20.8 Å². The lowest BCUT2D eigenvalue weighted by molar-refractivity contribution is -0.119. The SMILES string of the molecule is CC(C)(C)OC(=O)NC(COCc1ccccc1)C(=O)Nc1nc2c(s1)CCCC2. The number of nitrogens with zero attached hydrogens (tertiary/aromatic N) is 1. The zero-order chi connectivity index (χ0) is 21.6. The summed E-state index contributed by atoms with van der Waals surface area (Å²) in [5.74, 6) is -0.375. The predicted octanol–water partition coefficient (Wildman–Crippen LogP) is 4.07. The molecule has 1 heterocycles. The van der Waals surface area contributed by atoms with Crippen LogP contribution < -0.4 is 10.6 Å². The summed E-state index contributed by atoms with van der Waals surface area (Å²) < 4.78 is 11.0. The lowest BCUT2D eigenvalue weighted by atomic mass is 10.0. The van der Waals surface area contributed by atoms with Crippen LogP contribution in [-0.2, 0) is 33.7 Å². The van der Waals surface area contributed by atoms with E-state index >= 15 is 0 Å². The van der Waals surface area contributed by atoms with Gasteiger partial charge in [-0.25, -0.2) is 9.78 Å². The van der Waals surface area contributed by atoms with Gasteiger partial charge in [0.25, 0.3) is 5.91 Å². The first-order valence-corrected chi connectivity index (χ1v) is 11.0. The number of carbonyl (C=O) groups is 2. The number of thiazole rings is 1. The number of hydrogen-bond donors (Lipinski definition) is 2. The monoisotopic (exact) mass is 431 g/mol. The molecule has 0 aliphatic heterocycles. The molecule has 2 N–H and O–H groups in total. The minimum absolute atomic E-state index is 0.0189. The summed E-state index contributed by atoms with van der Waals surface area (Å²) in [4.78, 5) is 30.9. The van der Waals surface area contributed by atoms with Gasteiger partial charge in [-0.1, -0.05) is 30.3 Å². The third-order valence-electron chi connectivity index (χ3n) is 4.48. The van der Waals surface area contributed by atoms with Gasteiger partial charge in [0.2, 0.25) is 0 Å². The number of hydrogen-bond acceptors (Lipinski definition) is 6. The smallest absolute Gasteiger partial charge is 0.408 e. The van der Waals surface area contributed by atoms with Crippen molar-refractivity contribution in [1.82, 2.24) is 10.3 Å². The van der Waals surface area contributed by atoms with Crippen molar-refractivity contribution >= 4 is 28.5 Å². The van der Waals surface area contributed by atoms with Gasteiger partial charge in [-0.15, -0.1) is 11.3 Å². The van der Waals surface area contributed by atoms with E-state index in [0.717, 1.165) is 36.9 Å². The van der Waals surface area contributed by atoms with E-state index in [1.807, 2.05) is 30.3 Å². The number of amides is 2. The number of carbonyl (C=O) groups excluding carboxylic acids is 2. The van der Waals surface area contributed by atoms with Gasteiger partial charge in [-0.05, 0) is 52.0 Å². The number of anilines is 1. The van der Waals surface area contributed by atoms with E-state index in [0.29, 0.717) is 11.7 Å². The van der Waals surface area contributed by atoms with Crippen LogP contribution in [0.1, 0.15) is 49.7 Å². The summed E-state index contributed by atoms with van der Waals surface area (Å²) in [6.45, 7) is 5.67. The largest absolute Gasteiger partial charge is 0.444 e. The Morgan fingerprint density at radius 1 is 1.17 bits per heavy atom. The second-order valence-corrected chi connectivity index (χ2v) is 9.37. The fourth-order valence-electron chi connectivity index (χ4n) is 3.10. The Balaban J connectivity index is 1.62. The standard InChI is InChI=1S/C22H29N3O4S/c1-22(2,3)29-21(27)24-17(14-28-13-15-9-5-4-6-10-15)19(26)25-20-23-16-11-7-8-12-18(16)30-20/h4-6,9-10,17H,7-8,11-14H2,1-3H3,(H,24,27)(H,23,25,26). The summed E-state index contributed by atoms with van der Waals surface area (Å²) in [5.41, 5.74) is 1.39. The highest BCUT2D eigenvalue weighted by Gasteiger charge is 2.26. The summed E-state index contributed by atoms with van der Waals surface area (Å²) in [7, 11) is 0. The number of alkyl carbamates (subject to hydrolysis) is 1. The molecular weight excluding hydrogens is 402 g/mol. The Hall–Kier alpha value is -2.45. The molecule has 1 atom stereocenters. The van der Waals surface area contributed by atoms with Crippen molar-refractivity contribution in [3.05, 3.63) is 46.5 Å². The minimum Gasteiger partial charge on any atom is -0.444 e. The Bertz CT molecular complexity index is 838. The van der Waals surface area contributed by atoms with E-state index in [9.17, 15) is 9.59 Å². The second kappa shape index (κ2) is 10.0. The van der Waals surface area contributed by atoms with Crippen LogP contribution in [0, 0.1) is 0 Å². The van der Waals surface area contributed by atoms with Gasteiger partial charge >= 0.3 is 6.09 Å². The first-order chi connectivity index (χ1) is 14.3. The maximum absolute atomic E-state index is 12.9. The van der Waals surface area contributed by atoms with Crippen LogP contribution in [0.4, 0.5) is 9.93 Å². The zero-order valence-corrected chi connectivity index (χ0v) is 18.5. The molecule has 0 bridgehead atoms. The number of rotatable bonds is 7. The lowest BCUT2D eigenvalue weighted by Crippen LogP contribution is -2.48. The molecule has 1 aliphatic rings. The van der Waals surface area contributed by atoms with E-state index in [-0.39, 0.29) is 12.5 Å². The predicted molar refractivity (Wildman–Crippen MR) is 117 cm³/mol. The van der Waals surface area contributed by atoms with Crippen LogP contribution in [0.25, 0.3) is 0 Å². The number of aromatic nitrogens is 1. The molecule has 30 heavy (non-hydrogen) atoms. The van der Waals surface area contributed by atoms with Gasteiger partial charge < -0.3 is 20.1 Å². The maximum Gasteiger partial charge on any atom is 0.408 e. The third-order valence-corrected chi connectivity index (χ3v) is 5.55. The topological polar surface area (TPSA) is 89.5 Å². The molecule has 3 rings (SSSR count). The van der Waals surface area contributed by atoms with Crippen molar-refractivity contribution in [1.29, 1.82) is 0 Å². The van der Waals surface area contributed by atoms with E-state index in [1.165, 1.54) is 16.2 Å². The van der Waals surface area contributed by atoms with Crippen LogP contribution in [0.15, 0.2) is 30.3 Å². The Kier molecular flexibility index (Phi) is 7.44. The normalized spacial score (nSPS) is 14.5. The minimum atomic E-state index is -0.899. The van der Waals surface area contributed by atoms with Gasteiger partial charge in [0.1, 0.15) is 11.6 Å². The second-order valence-electron chi connectivity index (χ2n) is 8.28. The summed E-state index contributed by atoms with van der Waals surface area (Å²) in [5, 5.41) is 6.02. The highest BCUT2D eigenvalue weighted by atomic mass is 32.1. The van der Waals surface area contributed by atoms with Crippen LogP contribution in [0.2, 0.25) is 0 Å². The Morgan fingerprint density at radius 3 is 2.60 bits per heavy atom. The molecule has 1 aromatic carbocycles. The van der Waals surface area contributed by atoms with Crippen LogP contribution in [0.3, 0.4) is 0 Å². The molecule has 7 nitrogen and oxygen atoms in total. The average Bonchev–Trinajstić information content (AvgIpc) is 3.08. The fourth-order valence-corrected chi connectivity index (χ4v) is 4.15. The molecular formula is C22H29N3O4S. The van der Waals surface area contributed by atoms with Gasteiger partial charge in [-0.2, -0.15) is 0 Å². The van der Waals surface area contributed by atoms with Crippen molar-refractivity contribution in [2.75, 3.05) is 11.9 Å². The first kappa shape index (κ1) is 22.2. The van der Waals surface area contributed by atoms with Crippen LogP contribution >= 0.6 is 11.3 Å². The highest BCUT2D eigenvalue weighted by Crippen LogP contribution is 2.29. The number of ether oxygens (including phenoxy) is 2. The molecule has 2 amide bonds. The molecule has 0 radical (unpaired) electrons. The molecule has 1 aromatic heterocycles. The van der Waals surface area contributed by atoms with Crippen molar-refractivity contribution in [3.8, 4) is 0 Å². The van der Waals surface area contributed by atoms with Gasteiger partial charge in [-0.3, -0.25) is 4.79 Å². The maximum atomic E-state index is 12.9. The number of fused-ring (bicyclic) bond motifs is 1. The average molecular weight is 432 g/mol. The van der Waals surface area contributed by atoms with Crippen LogP contribution in [-0.4, -0.2) is 35.2 Å². The Labute approximate surface area is 181 Å². The zero-order valence-electron chi connectivity index (χ0n) is 17.7.